The van der Waals surface area contributed by atoms with Crippen molar-refractivity contribution in [2.45, 2.75) is 44.9 Å². The van der Waals surface area contributed by atoms with Crippen molar-refractivity contribution in [3.05, 3.63) is 0 Å². The maximum atomic E-state index is 12.2. The molecule has 1 amide bonds. The molecule has 0 unspecified atom stereocenters. The summed E-state index contributed by atoms with van der Waals surface area (Å²) in [6.45, 7) is 6.07. The van der Waals surface area contributed by atoms with E-state index in [-0.39, 0.29) is 24.1 Å². The minimum atomic E-state index is -0.201. The molecule has 15 heavy (non-hydrogen) atoms. The molecule has 2 rings (SSSR count). The maximum absolute atomic E-state index is 12.2. The number of ether oxygens (including phenoxy) is 2. The van der Waals surface area contributed by atoms with E-state index >= 15 is 0 Å². The second-order valence-corrected chi connectivity index (χ2v) is 4.48. The average Bonchev–Trinajstić information content (AvgIpc) is 2.69. The Morgan fingerprint density at radius 1 is 1.27 bits per heavy atom. The van der Waals surface area contributed by atoms with Gasteiger partial charge in [-0.1, -0.05) is 0 Å². The van der Waals surface area contributed by atoms with E-state index in [1.165, 1.54) is 0 Å². The Labute approximate surface area is 90.5 Å². The van der Waals surface area contributed by atoms with Crippen molar-refractivity contribution in [2.75, 3.05) is 19.8 Å². The normalized spacial score (nSPS) is 36.9. The van der Waals surface area contributed by atoms with E-state index in [2.05, 4.69) is 0 Å². The molecule has 0 bridgehead atoms. The van der Waals surface area contributed by atoms with Crippen LogP contribution in [0, 0.1) is 0 Å². The first-order chi connectivity index (χ1) is 7.20. The summed E-state index contributed by atoms with van der Waals surface area (Å²) in [5.74, 6) is 0.149. The van der Waals surface area contributed by atoms with E-state index < -0.39 is 0 Å². The molecule has 0 aromatic heterocycles. The van der Waals surface area contributed by atoms with Gasteiger partial charge in [0.05, 0.1) is 25.3 Å². The standard InChI is InChI=1S/C11H19NO3/c1-8-6-14-7-9(2)12(8)11(13)10-4-3-5-15-10/h8-10H,3-7H2,1-2H3/t8-,9-,10-/m0/s1. The number of carbonyl (C=O) groups is 1. The van der Waals surface area contributed by atoms with E-state index in [0.29, 0.717) is 13.2 Å². The summed E-state index contributed by atoms with van der Waals surface area (Å²) in [6, 6.07) is 0.343. The van der Waals surface area contributed by atoms with Gasteiger partial charge in [-0.2, -0.15) is 0 Å². The third-order valence-electron chi connectivity index (χ3n) is 3.13. The molecular weight excluding hydrogens is 194 g/mol. The molecule has 3 atom stereocenters. The first-order valence-corrected chi connectivity index (χ1v) is 5.71. The largest absolute Gasteiger partial charge is 0.377 e. The van der Waals surface area contributed by atoms with Crippen LogP contribution in [0.5, 0.6) is 0 Å². The van der Waals surface area contributed by atoms with Crippen LogP contribution in [-0.4, -0.2) is 48.8 Å². The molecule has 86 valence electrons. The van der Waals surface area contributed by atoms with Gasteiger partial charge in [0.15, 0.2) is 0 Å². The summed E-state index contributed by atoms with van der Waals surface area (Å²) in [5.41, 5.74) is 0. The quantitative estimate of drug-likeness (QED) is 0.646. The summed E-state index contributed by atoms with van der Waals surface area (Å²) in [7, 11) is 0. The molecule has 0 aliphatic carbocycles. The van der Waals surface area contributed by atoms with Crippen molar-refractivity contribution in [3.63, 3.8) is 0 Å². The van der Waals surface area contributed by atoms with Crippen LogP contribution in [0.25, 0.3) is 0 Å². The lowest BCUT2D eigenvalue weighted by molar-refractivity contribution is -0.153. The molecule has 2 aliphatic rings. The van der Waals surface area contributed by atoms with Crippen molar-refractivity contribution in [2.24, 2.45) is 0 Å². The van der Waals surface area contributed by atoms with E-state index in [9.17, 15) is 4.79 Å². The number of amides is 1. The zero-order valence-corrected chi connectivity index (χ0v) is 9.44. The summed E-state index contributed by atoms with van der Waals surface area (Å²) < 4.78 is 10.8. The molecule has 4 heteroatoms. The highest BCUT2D eigenvalue weighted by Crippen LogP contribution is 2.20. The van der Waals surface area contributed by atoms with E-state index in [0.717, 1.165) is 19.4 Å². The number of hydrogen-bond donors (Lipinski definition) is 0. The van der Waals surface area contributed by atoms with Gasteiger partial charge in [0.25, 0.3) is 5.91 Å². The fourth-order valence-corrected chi connectivity index (χ4v) is 2.38. The van der Waals surface area contributed by atoms with Gasteiger partial charge in [0.2, 0.25) is 0 Å². The van der Waals surface area contributed by atoms with Crippen molar-refractivity contribution in [1.82, 2.24) is 4.90 Å². The SMILES string of the molecule is C[C@H]1COC[C@H](C)N1C(=O)[C@@H]1CCCO1. The van der Waals surface area contributed by atoms with Gasteiger partial charge in [0, 0.05) is 6.61 Å². The van der Waals surface area contributed by atoms with E-state index in [4.69, 9.17) is 9.47 Å². The Hall–Kier alpha value is -0.610. The minimum absolute atomic E-state index is 0.149. The van der Waals surface area contributed by atoms with Crippen LogP contribution in [0.15, 0.2) is 0 Å². The highest BCUT2D eigenvalue weighted by atomic mass is 16.5. The predicted octanol–water partition coefficient (Wildman–Crippen LogP) is 0.801. The lowest BCUT2D eigenvalue weighted by atomic mass is 10.1. The van der Waals surface area contributed by atoms with Gasteiger partial charge < -0.3 is 14.4 Å². The smallest absolute Gasteiger partial charge is 0.252 e. The Kier molecular flexibility index (Phi) is 3.26. The Bertz CT molecular complexity index is 228. The van der Waals surface area contributed by atoms with Gasteiger partial charge in [0.1, 0.15) is 6.10 Å². The van der Waals surface area contributed by atoms with Crippen LogP contribution in [-0.2, 0) is 14.3 Å². The molecule has 0 saturated carbocycles. The van der Waals surface area contributed by atoms with Gasteiger partial charge in [-0.25, -0.2) is 0 Å². The lowest BCUT2D eigenvalue weighted by Crippen LogP contribution is -2.55. The Balaban J connectivity index is 2.02. The van der Waals surface area contributed by atoms with Crippen LogP contribution < -0.4 is 0 Å². The molecule has 2 aliphatic heterocycles. The fourth-order valence-electron chi connectivity index (χ4n) is 2.38. The molecule has 2 heterocycles. The van der Waals surface area contributed by atoms with Crippen molar-refractivity contribution in [3.8, 4) is 0 Å². The molecule has 4 nitrogen and oxygen atoms in total. The van der Waals surface area contributed by atoms with Crippen LogP contribution >= 0.6 is 0 Å². The van der Waals surface area contributed by atoms with Gasteiger partial charge >= 0.3 is 0 Å². The first-order valence-electron chi connectivity index (χ1n) is 5.71. The minimum Gasteiger partial charge on any atom is -0.377 e. The average molecular weight is 213 g/mol. The molecule has 0 aromatic carbocycles. The third-order valence-corrected chi connectivity index (χ3v) is 3.13. The number of carbonyl (C=O) groups excluding carboxylic acids is 1. The highest BCUT2D eigenvalue weighted by molar-refractivity contribution is 5.81. The lowest BCUT2D eigenvalue weighted by Gasteiger charge is -2.39. The van der Waals surface area contributed by atoms with Crippen LogP contribution in [0.4, 0.5) is 0 Å². The summed E-state index contributed by atoms with van der Waals surface area (Å²) in [6.07, 6.45) is 1.67. The number of morpholine rings is 1. The number of rotatable bonds is 1. The van der Waals surface area contributed by atoms with E-state index in [1.807, 2.05) is 18.7 Å². The molecule has 2 fully saturated rings. The summed E-state index contributed by atoms with van der Waals surface area (Å²) in [4.78, 5) is 14.1. The van der Waals surface area contributed by atoms with Gasteiger partial charge in [-0.15, -0.1) is 0 Å². The summed E-state index contributed by atoms with van der Waals surface area (Å²) >= 11 is 0. The molecule has 0 radical (unpaired) electrons. The Morgan fingerprint density at radius 3 is 2.47 bits per heavy atom. The van der Waals surface area contributed by atoms with Crippen LogP contribution in [0.1, 0.15) is 26.7 Å². The second-order valence-electron chi connectivity index (χ2n) is 4.48. The fraction of sp³-hybridized carbons (Fsp3) is 0.909. The second kappa shape index (κ2) is 4.49. The molecule has 0 spiro atoms. The number of hydrogen-bond acceptors (Lipinski definition) is 3. The van der Waals surface area contributed by atoms with Crippen molar-refractivity contribution >= 4 is 5.91 Å². The van der Waals surface area contributed by atoms with Crippen LogP contribution in [0.2, 0.25) is 0 Å². The first kappa shape index (κ1) is 10.9. The van der Waals surface area contributed by atoms with Crippen molar-refractivity contribution in [1.29, 1.82) is 0 Å². The van der Waals surface area contributed by atoms with Gasteiger partial charge in [-0.05, 0) is 26.7 Å². The third kappa shape index (κ3) is 2.16. The molecular formula is C11H19NO3. The highest BCUT2D eigenvalue weighted by Gasteiger charge is 2.35. The molecule has 2 saturated heterocycles. The molecule has 0 aromatic rings. The summed E-state index contributed by atoms with van der Waals surface area (Å²) in [5, 5.41) is 0. The van der Waals surface area contributed by atoms with E-state index in [1.54, 1.807) is 0 Å². The van der Waals surface area contributed by atoms with Crippen LogP contribution in [0.3, 0.4) is 0 Å². The van der Waals surface area contributed by atoms with Crippen molar-refractivity contribution < 1.29 is 14.3 Å². The monoisotopic (exact) mass is 213 g/mol. The topological polar surface area (TPSA) is 38.8 Å². The zero-order chi connectivity index (χ0) is 10.8. The Morgan fingerprint density at radius 2 is 1.93 bits per heavy atom. The molecule has 0 N–H and O–H groups in total. The number of nitrogens with zero attached hydrogens (tertiary/aromatic N) is 1. The maximum Gasteiger partial charge on any atom is 0.252 e. The van der Waals surface area contributed by atoms with Gasteiger partial charge in [-0.3, -0.25) is 4.79 Å². The zero-order valence-electron chi connectivity index (χ0n) is 9.44. The predicted molar refractivity (Wildman–Crippen MR) is 55.6 cm³/mol.